The fourth-order valence-corrected chi connectivity index (χ4v) is 4.09. The molecule has 26 heavy (non-hydrogen) atoms. The van der Waals surface area contributed by atoms with Gasteiger partial charge in [-0.25, -0.2) is 0 Å². The second kappa shape index (κ2) is 7.11. The van der Waals surface area contributed by atoms with E-state index in [0.717, 1.165) is 11.3 Å². The van der Waals surface area contributed by atoms with Crippen molar-refractivity contribution in [1.29, 1.82) is 0 Å². The largest absolute Gasteiger partial charge is 0.457 e. The summed E-state index contributed by atoms with van der Waals surface area (Å²) in [4.78, 5) is 14.8. The lowest BCUT2D eigenvalue weighted by Gasteiger charge is -2.13. The summed E-state index contributed by atoms with van der Waals surface area (Å²) in [5.74, 6) is 1.14. The fraction of sp³-hybridized carbons (Fsp3) is 0. The number of amides is 1. The summed E-state index contributed by atoms with van der Waals surface area (Å²) in [6.45, 7) is 0. The van der Waals surface area contributed by atoms with Crippen molar-refractivity contribution in [2.24, 2.45) is 0 Å². The molecule has 3 aromatic rings. The Bertz CT molecular complexity index is 1030. The molecule has 1 aliphatic rings. The van der Waals surface area contributed by atoms with Crippen molar-refractivity contribution >= 4 is 57.6 Å². The van der Waals surface area contributed by atoms with Crippen LogP contribution in [-0.2, 0) is 4.79 Å². The first kappa shape index (κ1) is 17.1. The number of nitrogens with zero attached hydrogens (tertiary/aromatic N) is 1. The molecule has 0 saturated carbocycles. The predicted octanol–water partition coefficient (Wildman–Crippen LogP) is 6.01. The lowest BCUT2D eigenvalue weighted by atomic mass is 10.2. The number of thiocarbonyl (C=S) groups is 1. The van der Waals surface area contributed by atoms with E-state index >= 15 is 0 Å². The van der Waals surface area contributed by atoms with Gasteiger partial charge in [0, 0.05) is 16.7 Å². The van der Waals surface area contributed by atoms with Crippen LogP contribution in [0.4, 0.5) is 5.69 Å². The molecule has 0 unspecified atom stereocenters. The van der Waals surface area contributed by atoms with Gasteiger partial charge in [0.1, 0.15) is 11.5 Å². The molecule has 2 heterocycles. The van der Waals surface area contributed by atoms with Crippen molar-refractivity contribution in [2.45, 2.75) is 0 Å². The quantitative estimate of drug-likeness (QED) is 0.400. The van der Waals surface area contributed by atoms with Crippen molar-refractivity contribution in [3.05, 3.63) is 82.4 Å². The molecule has 3 nitrogen and oxygen atoms in total. The van der Waals surface area contributed by atoms with Gasteiger partial charge < -0.3 is 4.42 Å². The monoisotopic (exact) mass is 397 g/mol. The van der Waals surface area contributed by atoms with Crippen LogP contribution in [0.5, 0.6) is 0 Å². The van der Waals surface area contributed by atoms with Gasteiger partial charge in [-0.3, -0.25) is 9.69 Å². The SMILES string of the molecule is O=C1/C(=C/c2ccc(-c3cccc(Cl)c3)o2)SC(=S)N1c1ccccc1. The molecular formula is C20H12ClNO2S2. The van der Waals surface area contributed by atoms with E-state index in [4.69, 9.17) is 28.2 Å². The van der Waals surface area contributed by atoms with E-state index in [1.807, 2.05) is 66.7 Å². The van der Waals surface area contributed by atoms with Crippen LogP contribution in [0, 0.1) is 0 Å². The third-order valence-electron chi connectivity index (χ3n) is 3.82. The summed E-state index contributed by atoms with van der Waals surface area (Å²) >= 11 is 12.7. The molecule has 0 N–H and O–H groups in total. The topological polar surface area (TPSA) is 33.5 Å². The molecule has 1 amide bonds. The van der Waals surface area contributed by atoms with Crippen molar-refractivity contribution in [2.75, 3.05) is 4.90 Å². The fourth-order valence-electron chi connectivity index (χ4n) is 2.62. The number of para-hydroxylation sites is 1. The van der Waals surface area contributed by atoms with E-state index in [9.17, 15) is 4.79 Å². The van der Waals surface area contributed by atoms with E-state index in [1.54, 1.807) is 6.08 Å². The highest BCUT2D eigenvalue weighted by molar-refractivity contribution is 8.27. The number of anilines is 1. The third kappa shape index (κ3) is 3.33. The number of carbonyl (C=O) groups is 1. The summed E-state index contributed by atoms with van der Waals surface area (Å²) in [6, 6.07) is 20.5. The van der Waals surface area contributed by atoms with E-state index in [1.165, 1.54) is 16.7 Å². The minimum Gasteiger partial charge on any atom is -0.457 e. The number of carbonyl (C=O) groups excluding carboxylic acids is 1. The molecular weight excluding hydrogens is 386 g/mol. The maximum absolute atomic E-state index is 12.7. The lowest BCUT2D eigenvalue weighted by molar-refractivity contribution is -0.113. The molecule has 128 valence electrons. The standard InChI is InChI=1S/C20H12ClNO2S2/c21-14-6-4-5-13(11-14)17-10-9-16(24-17)12-18-19(23)22(20(25)26-18)15-7-2-1-3-8-15/h1-12H/b18-12-. The van der Waals surface area contributed by atoms with Crippen LogP contribution in [-0.4, -0.2) is 10.2 Å². The number of rotatable bonds is 3. The summed E-state index contributed by atoms with van der Waals surface area (Å²) in [5, 5.41) is 0.643. The summed E-state index contributed by atoms with van der Waals surface area (Å²) < 4.78 is 6.36. The smallest absolute Gasteiger partial charge is 0.270 e. The number of thioether (sulfide) groups is 1. The molecule has 2 aromatic carbocycles. The van der Waals surface area contributed by atoms with Gasteiger partial charge in [-0.15, -0.1) is 0 Å². The van der Waals surface area contributed by atoms with Gasteiger partial charge in [0.15, 0.2) is 4.32 Å². The van der Waals surface area contributed by atoms with Gasteiger partial charge in [0.05, 0.1) is 10.6 Å². The van der Waals surface area contributed by atoms with Crippen molar-refractivity contribution < 1.29 is 9.21 Å². The Kier molecular flexibility index (Phi) is 4.68. The number of hydrogen-bond donors (Lipinski definition) is 0. The summed E-state index contributed by atoms with van der Waals surface area (Å²) in [5.41, 5.74) is 1.64. The maximum Gasteiger partial charge on any atom is 0.270 e. The Morgan fingerprint density at radius 2 is 1.85 bits per heavy atom. The first-order chi connectivity index (χ1) is 12.6. The van der Waals surface area contributed by atoms with Gasteiger partial charge in [-0.1, -0.05) is 65.9 Å². The van der Waals surface area contributed by atoms with E-state index in [2.05, 4.69) is 0 Å². The third-order valence-corrected chi connectivity index (χ3v) is 5.35. The highest BCUT2D eigenvalue weighted by Gasteiger charge is 2.33. The van der Waals surface area contributed by atoms with Gasteiger partial charge in [-0.2, -0.15) is 0 Å². The van der Waals surface area contributed by atoms with Gasteiger partial charge >= 0.3 is 0 Å². The highest BCUT2D eigenvalue weighted by Crippen LogP contribution is 2.36. The van der Waals surface area contributed by atoms with Crippen LogP contribution in [0.3, 0.4) is 0 Å². The second-order valence-electron chi connectivity index (χ2n) is 5.57. The normalized spacial score (nSPS) is 15.9. The molecule has 0 bridgehead atoms. The van der Waals surface area contributed by atoms with Crippen molar-refractivity contribution in [3.63, 3.8) is 0 Å². The Balaban J connectivity index is 1.62. The zero-order valence-corrected chi connectivity index (χ0v) is 15.8. The minimum atomic E-state index is -0.146. The Morgan fingerprint density at radius 3 is 2.62 bits per heavy atom. The molecule has 1 aliphatic heterocycles. The van der Waals surface area contributed by atoms with Crippen LogP contribution in [0.2, 0.25) is 5.02 Å². The van der Waals surface area contributed by atoms with E-state index in [0.29, 0.717) is 25.8 Å². The van der Waals surface area contributed by atoms with Crippen LogP contribution < -0.4 is 4.90 Å². The van der Waals surface area contributed by atoms with Gasteiger partial charge in [0.2, 0.25) is 0 Å². The number of furan rings is 1. The zero-order valence-electron chi connectivity index (χ0n) is 13.4. The predicted molar refractivity (Wildman–Crippen MR) is 111 cm³/mol. The Hall–Kier alpha value is -2.34. The van der Waals surface area contributed by atoms with Gasteiger partial charge in [-0.05, 0) is 36.4 Å². The molecule has 0 radical (unpaired) electrons. The molecule has 4 rings (SSSR count). The molecule has 0 spiro atoms. The molecule has 1 aromatic heterocycles. The number of hydrogen-bond acceptors (Lipinski definition) is 4. The van der Waals surface area contributed by atoms with Crippen LogP contribution in [0.1, 0.15) is 5.76 Å². The summed E-state index contributed by atoms with van der Waals surface area (Å²) in [7, 11) is 0. The lowest BCUT2D eigenvalue weighted by Crippen LogP contribution is -2.27. The van der Waals surface area contributed by atoms with Crippen LogP contribution in [0.15, 0.2) is 76.1 Å². The maximum atomic E-state index is 12.7. The highest BCUT2D eigenvalue weighted by atomic mass is 35.5. The van der Waals surface area contributed by atoms with E-state index in [-0.39, 0.29) is 5.91 Å². The van der Waals surface area contributed by atoms with Crippen LogP contribution in [0.25, 0.3) is 17.4 Å². The van der Waals surface area contributed by atoms with E-state index < -0.39 is 0 Å². The second-order valence-corrected chi connectivity index (χ2v) is 7.68. The molecule has 1 saturated heterocycles. The van der Waals surface area contributed by atoms with Gasteiger partial charge in [0.25, 0.3) is 5.91 Å². The average Bonchev–Trinajstić information content (AvgIpc) is 3.21. The minimum absolute atomic E-state index is 0.146. The van der Waals surface area contributed by atoms with Crippen molar-refractivity contribution in [1.82, 2.24) is 0 Å². The zero-order chi connectivity index (χ0) is 18.1. The number of benzene rings is 2. The molecule has 6 heteroatoms. The molecule has 0 atom stereocenters. The first-order valence-electron chi connectivity index (χ1n) is 7.80. The molecule has 0 aliphatic carbocycles. The summed E-state index contributed by atoms with van der Waals surface area (Å²) in [6.07, 6.45) is 1.72. The average molecular weight is 398 g/mol. The first-order valence-corrected chi connectivity index (χ1v) is 9.41. The van der Waals surface area contributed by atoms with Crippen molar-refractivity contribution in [3.8, 4) is 11.3 Å². The Labute approximate surface area is 165 Å². The Morgan fingerprint density at radius 1 is 1.04 bits per heavy atom. The van der Waals surface area contributed by atoms with Crippen LogP contribution >= 0.6 is 35.6 Å². The number of halogens is 1. The molecule has 1 fully saturated rings.